The lowest BCUT2D eigenvalue weighted by molar-refractivity contribution is 0.308. The molecule has 46 valence electrons. The number of nitrogens with zero attached hydrogens (tertiary/aromatic N) is 1. The molecule has 0 rings (SSSR count). The topological polar surface area (TPSA) is 42.2 Å². The number of nitriles is 1. The van der Waals surface area contributed by atoms with E-state index in [0.29, 0.717) is 13.0 Å². The Bertz CT molecular complexity index is 80.6. The lowest BCUT2D eigenvalue weighted by Crippen LogP contribution is -1.81. The van der Waals surface area contributed by atoms with Gasteiger partial charge < -0.3 is 9.05 Å². The Balaban J connectivity index is 2.65. The predicted molar refractivity (Wildman–Crippen MR) is 31.5 cm³/mol. The van der Waals surface area contributed by atoms with Gasteiger partial charge in [0.15, 0.2) is 9.03 Å². The molecule has 0 aromatic carbocycles. The van der Waals surface area contributed by atoms with E-state index < -0.39 is 0 Å². The van der Waals surface area contributed by atoms with Crippen LogP contribution < -0.4 is 0 Å². The van der Waals surface area contributed by atoms with E-state index in [-0.39, 0.29) is 9.03 Å². The molecule has 0 heterocycles. The summed E-state index contributed by atoms with van der Waals surface area (Å²) in [7, 11) is 1.63. The van der Waals surface area contributed by atoms with Crippen LogP contribution in [0.1, 0.15) is 6.42 Å². The van der Waals surface area contributed by atoms with Crippen molar-refractivity contribution in [3.8, 4) is 6.07 Å². The molecule has 0 bridgehead atoms. The molecule has 0 saturated carbocycles. The van der Waals surface area contributed by atoms with Crippen LogP contribution in [0.5, 0.6) is 0 Å². The zero-order valence-corrected chi connectivity index (χ0v) is 5.68. The molecule has 4 heteroatoms. The molecule has 1 unspecified atom stereocenters. The van der Waals surface area contributed by atoms with E-state index >= 15 is 0 Å². The molecule has 0 aliphatic rings. The summed E-state index contributed by atoms with van der Waals surface area (Å²) in [6.45, 7) is 0.475. The second-order valence-corrected chi connectivity index (χ2v) is 1.91. The van der Waals surface area contributed by atoms with Crippen LogP contribution in [0.25, 0.3) is 0 Å². The van der Waals surface area contributed by atoms with Crippen molar-refractivity contribution in [3.63, 3.8) is 0 Å². The lowest BCUT2D eigenvalue weighted by Gasteiger charge is -1.94. The fraction of sp³-hybridized carbons (Fsp3) is 0.750. The van der Waals surface area contributed by atoms with Crippen molar-refractivity contribution in [2.24, 2.45) is 0 Å². The third-order valence-electron chi connectivity index (χ3n) is 0.458. The molecule has 0 aliphatic carbocycles. The molecule has 0 radical (unpaired) electrons. The van der Waals surface area contributed by atoms with Crippen molar-refractivity contribution in [1.82, 2.24) is 0 Å². The minimum absolute atomic E-state index is 0.0736. The first-order valence-corrected chi connectivity index (χ1v) is 3.00. The minimum atomic E-state index is 0.0736. The molecule has 0 saturated heterocycles. The molecule has 0 fully saturated rings. The van der Waals surface area contributed by atoms with Crippen LogP contribution in [0.2, 0.25) is 0 Å². The Morgan fingerprint density at radius 2 is 2.50 bits per heavy atom. The van der Waals surface area contributed by atoms with Gasteiger partial charge in [0.1, 0.15) is 0 Å². The fourth-order valence-corrected chi connectivity index (χ4v) is 0.501. The van der Waals surface area contributed by atoms with Crippen molar-refractivity contribution >= 4 is 9.03 Å². The zero-order valence-electron chi connectivity index (χ0n) is 4.68. The van der Waals surface area contributed by atoms with Gasteiger partial charge in [-0.3, -0.25) is 0 Å². The van der Waals surface area contributed by atoms with Crippen LogP contribution in [-0.4, -0.2) is 13.7 Å². The smallest absolute Gasteiger partial charge is 0.154 e. The van der Waals surface area contributed by atoms with Gasteiger partial charge in [0.05, 0.1) is 19.1 Å². The molecule has 0 N–H and O–H groups in total. The van der Waals surface area contributed by atoms with E-state index in [1.807, 2.05) is 6.07 Å². The molecule has 0 aromatic heterocycles. The molecule has 0 aliphatic heterocycles. The average Bonchev–Trinajstić information content (AvgIpc) is 1.81. The summed E-state index contributed by atoms with van der Waals surface area (Å²) in [6, 6.07) is 1.95. The van der Waals surface area contributed by atoms with Gasteiger partial charge in [0.25, 0.3) is 0 Å². The quantitative estimate of drug-likeness (QED) is 0.425. The van der Waals surface area contributed by atoms with Gasteiger partial charge >= 0.3 is 0 Å². The monoisotopic (exact) mass is 133 g/mol. The molecule has 0 amide bonds. The zero-order chi connectivity index (χ0) is 6.24. The second-order valence-electron chi connectivity index (χ2n) is 1.04. The summed E-state index contributed by atoms with van der Waals surface area (Å²) in [5, 5.41) is 8.00. The summed E-state index contributed by atoms with van der Waals surface area (Å²) in [6.07, 6.45) is 0.441. The number of hydrogen-bond acceptors (Lipinski definition) is 3. The van der Waals surface area contributed by atoms with Gasteiger partial charge in [0.2, 0.25) is 0 Å². The van der Waals surface area contributed by atoms with Crippen molar-refractivity contribution in [2.45, 2.75) is 6.42 Å². The maximum absolute atomic E-state index is 8.00. The number of rotatable bonds is 4. The molecule has 3 nitrogen and oxygen atoms in total. The Morgan fingerprint density at radius 3 is 3.00 bits per heavy atom. The Labute approximate surface area is 50.5 Å². The van der Waals surface area contributed by atoms with E-state index in [1.165, 1.54) is 0 Å². The van der Waals surface area contributed by atoms with E-state index in [4.69, 9.17) is 9.79 Å². The molecular formula is C4H8NO2P. The minimum Gasteiger partial charge on any atom is -0.340 e. The summed E-state index contributed by atoms with van der Waals surface area (Å²) in [5.74, 6) is 0. The summed E-state index contributed by atoms with van der Waals surface area (Å²) in [4.78, 5) is 0. The molecule has 0 aromatic rings. The van der Waals surface area contributed by atoms with Crippen LogP contribution in [0.3, 0.4) is 0 Å². The van der Waals surface area contributed by atoms with Crippen LogP contribution in [0.4, 0.5) is 0 Å². The normalized spacial score (nSPS) is 10.0. The van der Waals surface area contributed by atoms with Crippen LogP contribution >= 0.6 is 9.03 Å². The highest BCUT2D eigenvalue weighted by Gasteiger charge is 1.82. The Kier molecular flexibility index (Phi) is 6.70. The van der Waals surface area contributed by atoms with Crippen molar-refractivity contribution in [3.05, 3.63) is 0 Å². The highest BCUT2D eigenvalue weighted by Crippen LogP contribution is 2.10. The molecule has 8 heavy (non-hydrogen) atoms. The highest BCUT2D eigenvalue weighted by molar-refractivity contribution is 7.26. The third kappa shape index (κ3) is 5.84. The van der Waals surface area contributed by atoms with Crippen LogP contribution in [-0.2, 0) is 9.05 Å². The van der Waals surface area contributed by atoms with E-state index in [0.717, 1.165) is 0 Å². The number of hydrogen-bond donors (Lipinski definition) is 0. The highest BCUT2D eigenvalue weighted by atomic mass is 31.1. The summed E-state index contributed by atoms with van der Waals surface area (Å²) < 4.78 is 9.39. The largest absolute Gasteiger partial charge is 0.340 e. The van der Waals surface area contributed by atoms with Crippen LogP contribution in [0.15, 0.2) is 0 Å². The Morgan fingerprint density at radius 1 is 1.75 bits per heavy atom. The maximum atomic E-state index is 8.00. The van der Waals surface area contributed by atoms with Crippen molar-refractivity contribution in [1.29, 1.82) is 5.26 Å². The summed E-state index contributed by atoms with van der Waals surface area (Å²) in [5.41, 5.74) is 0. The average molecular weight is 133 g/mol. The van der Waals surface area contributed by atoms with Gasteiger partial charge in [-0.2, -0.15) is 5.26 Å². The fourth-order valence-electron chi connectivity index (χ4n) is 0.197. The molecule has 0 spiro atoms. The first-order valence-electron chi connectivity index (χ1n) is 2.18. The lowest BCUT2D eigenvalue weighted by atomic mass is 10.5. The maximum Gasteiger partial charge on any atom is 0.154 e. The Hall–Kier alpha value is -0.160. The van der Waals surface area contributed by atoms with Crippen molar-refractivity contribution in [2.75, 3.05) is 13.7 Å². The van der Waals surface area contributed by atoms with Crippen molar-refractivity contribution < 1.29 is 9.05 Å². The first kappa shape index (κ1) is 7.84. The standard InChI is InChI=1S/C4H8NO2P/c1-6-8-7-4-2-3-5/h8H,2,4H2,1H3. The second kappa shape index (κ2) is 6.84. The van der Waals surface area contributed by atoms with Gasteiger partial charge in [-0.25, -0.2) is 0 Å². The summed E-state index contributed by atoms with van der Waals surface area (Å²) >= 11 is 0. The molecular weight excluding hydrogens is 125 g/mol. The van der Waals surface area contributed by atoms with Gasteiger partial charge in [-0.1, -0.05) is 0 Å². The predicted octanol–water partition coefficient (Wildman–Crippen LogP) is 1.07. The molecule has 1 atom stereocenters. The van der Waals surface area contributed by atoms with Gasteiger partial charge in [0, 0.05) is 7.11 Å². The van der Waals surface area contributed by atoms with E-state index in [9.17, 15) is 0 Å². The van der Waals surface area contributed by atoms with Gasteiger partial charge in [-0.15, -0.1) is 0 Å². The van der Waals surface area contributed by atoms with E-state index in [1.54, 1.807) is 7.11 Å². The third-order valence-corrected chi connectivity index (χ3v) is 0.947. The van der Waals surface area contributed by atoms with E-state index in [2.05, 4.69) is 4.52 Å². The SMILES string of the molecule is COPOCCC#N. The first-order chi connectivity index (χ1) is 3.91. The van der Waals surface area contributed by atoms with Gasteiger partial charge in [-0.05, 0) is 0 Å². The van der Waals surface area contributed by atoms with Crippen LogP contribution in [0, 0.1) is 11.3 Å².